The Kier molecular flexibility index (Phi) is 4.88. The number of hydrogen-bond acceptors (Lipinski definition) is 5. The van der Waals surface area contributed by atoms with Crippen molar-refractivity contribution in [2.75, 3.05) is 31.3 Å². The molecule has 0 aromatic carbocycles. The SMILES string of the molecule is CCNc1ncnc(NC(C)C(=O)N(C)C)c1C. The monoisotopic (exact) mass is 251 g/mol. The molecule has 0 spiro atoms. The van der Waals surface area contributed by atoms with Gasteiger partial charge in [0, 0.05) is 26.2 Å². The van der Waals surface area contributed by atoms with Gasteiger partial charge in [-0.1, -0.05) is 0 Å². The number of nitrogens with zero attached hydrogens (tertiary/aromatic N) is 3. The Hall–Kier alpha value is -1.85. The molecule has 6 nitrogen and oxygen atoms in total. The number of likely N-dealkylation sites (N-methyl/N-ethyl adjacent to an activating group) is 1. The Bertz CT molecular complexity index is 419. The number of amides is 1. The van der Waals surface area contributed by atoms with E-state index in [1.54, 1.807) is 19.0 Å². The summed E-state index contributed by atoms with van der Waals surface area (Å²) < 4.78 is 0. The van der Waals surface area contributed by atoms with Crippen LogP contribution < -0.4 is 10.6 Å². The average molecular weight is 251 g/mol. The van der Waals surface area contributed by atoms with Gasteiger partial charge in [-0.3, -0.25) is 4.79 Å². The van der Waals surface area contributed by atoms with E-state index < -0.39 is 0 Å². The summed E-state index contributed by atoms with van der Waals surface area (Å²) in [5.41, 5.74) is 0.915. The van der Waals surface area contributed by atoms with Crippen molar-refractivity contribution in [1.29, 1.82) is 0 Å². The number of rotatable bonds is 5. The number of hydrogen-bond donors (Lipinski definition) is 2. The minimum absolute atomic E-state index is 0.0120. The summed E-state index contributed by atoms with van der Waals surface area (Å²) in [6.45, 7) is 6.54. The van der Waals surface area contributed by atoms with Gasteiger partial charge in [0.25, 0.3) is 0 Å². The molecule has 0 bridgehead atoms. The zero-order valence-corrected chi connectivity index (χ0v) is 11.6. The molecule has 0 radical (unpaired) electrons. The molecule has 18 heavy (non-hydrogen) atoms. The van der Waals surface area contributed by atoms with Gasteiger partial charge in [0.05, 0.1) is 0 Å². The molecule has 0 saturated carbocycles. The first-order chi connectivity index (χ1) is 8.47. The van der Waals surface area contributed by atoms with Crippen molar-refractivity contribution in [2.24, 2.45) is 0 Å². The highest BCUT2D eigenvalue weighted by Crippen LogP contribution is 2.18. The molecule has 1 aromatic rings. The van der Waals surface area contributed by atoms with E-state index in [2.05, 4.69) is 20.6 Å². The highest BCUT2D eigenvalue weighted by Gasteiger charge is 2.16. The van der Waals surface area contributed by atoms with E-state index in [1.165, 1.54) is 6.33 Å². The molecule has 1 unspecified atom stereocenters. The number of nitrogens with one attached hydrogen (secondary N) is 2. The van der Waals surface area contributed by atoms with Gasteiger partial charge in [0.1, 0.15) is 24.0 Å². The first-order valence-corrected chi connectivity index (χ1v) is 6.00. The van der Waals surface area contributed by atoms with Crippen molar-refractivity contribution >= 4 is 17.5 Å². The Morgan fingerprint density at radius 1 is 1.39 bits per heavy atom. The minimum Gasteiger partial charge on any atom is -0.370 e. The van der Waals surface area contributed by atoms with Gasteiger partial charge in [0.2, 0.25) is 5.91 Å². The molecule has 0 aliphatic carbocycles. The Labute approximate surface area is 108 Å². The lowest BCUT2D eigenvalue weighted by Crippen LogP contribution is -2.37. The molecule has 0 aliphatic heterocycles. The summed E-state index contributed by atoms with van der Waals surface area (Å²) >= 11 is 0. The summed E-state index contributed by atoms with van der Waals surface area (Å²) in [5, 5.41) is 6.26. The van der Waals surface area contributed by atoms with E-state index >= 15 is 0 Å². The van der Waals surface area contributed by atoms with Crippen LogP contribution in [0.25, 0.3) is 0 Å². The second kappa shape index (κ2) is 6.18. The quantitative estimate of drug-likeness (QED) is 0.820. The second-order valence-electron chi connectivity index (χ2n) is 4.32. The van der Waals surface area contributed by atoms with Crippen molar-refractivity contribution < 1.29 is 4.79 Å². The maximum Gasteiger partial charge on any atom is 0.244 e. The van der Waals surface area contributed by atoms with Crippen LogP contribution in [-0.2, 0) is 4.79 Å². The summed E-state index contributed by atoms with van der Waals surface area (Å²) in [6, 6.07) is -0.317. The van der Waals surface area contributed by atoms with Crippen molar-refractivity contribution in [3.8, 4) is 0 Å². The number of anilines is 2. The van der Waals surface area contributed by atoms with Crippen molar-refractivity contribution in [1.82, 2.24) is 14.9 Å². The molecule has 6 heteroatoms. The van der Waals surface area contributed by atoms with E-state index in [1.807, 2.05) is 20.8 Å². The molecular weight excluding hydrogens is 230 g/mol. The van der Waals surface area contributed by atoms with Crippen LogP contribution in [0.5, 0.6) is 0 Å². The van der Waals surface area contributed by atoms with Crippen LogP contribution in [0.4, 0.5) is 11.6 Å². The number of aromatic nitrogens is 2. The first kappa shape index (κ1) is 14.2. The molecule has 0 saturated heterocycles. The normalized spacial score (nSPS) is 11.8. The van der Waals surface area contributed by atoms with Crippen molar-refractivity contribution in [3.63, 3.8) is 0 Å². The standard InChI is InChI=1S/C12H21N5O/c1-6-13-10-8(2)11(15-7-14-10)16-9(3)12(18)17(4)5/h7,9H,6H2,1-5H3,(H2,13,14,15,16). The van der Waals surface area contributed by atoms with Gasteiger partial charge >= 0.3 is 0 Å². The fourth-order valence-corrected chi connectivity index (χ4v) is 1.60. The summed E-state index contributed by atoms with van der Waals surface area (Å²) in [6.07, 6.45) is 1.49. The topological polar surface area (TPSA) is 70.1 Å². The lowest BCUT2D eigenvalue weighted by atomic mass is 10.2. The molecule has 0 aliphatic rings. The van der Waals surface area contributed by atoms with Crippen LogP contribution in [0.15, 0.2) is 6.33 Å². The molecule has 0 fully saturated rings. The van der Waals surface area contributed by atoms with Gasteiger partial charge in [-0.15, -0.1) is 0 Å². The maximum absolute atomic E-state index is 11.8. The maximum atomic E-state index is 11.8. The zero-order chi connectivity index (χ0) is 13.7. The van der Waals surface area contributed by atoms with Gasteiger partial charge in [-0.05, 0) is 20.8 Å². The van der Waals surface area contributed by atoms with E-state index in [0.29, 0.717) is 5.82 Å². The lowest BCUT2D eigenvalue weighted by molar-refractivity contribution is -0.129. The third-order valence-corrected chi connectivity index (χ3v) is 2.59. The third kappa shape index (κ3) is 3.32. The molecule has 1 rings (SSSR count). The molecule has 100 valence electrons. The average Bonchev–Trinajstić information content (AvgIpc) is 2.33. The fourth-order valence-electron chi connectivity index (χ4n) is 1.60. The summed E-state index contributed by atoms with van der Waals surface area (Å²) in [7, 11) is 3.47. The Balaban J connectivity index is 2.85. The zero-order valence-electron chi connectivity index (χ0n) is 11.6. The largest absolute Gasteiger partial charge is 0.370 e. The lowest BCUT2D eigenvalue weighted by Gasteiger charge is -2.20. The molecule has 2 N–H and O–H groups in total. The van der Waals surface area contributed by atoms with Crippen LogP contribution in [-0.4, -0.2) is 47.5 Å². The Morgan fingerprint density at radius 2 is 2.00 bits per heavy atom. The first-order valence-electron chi connectivity index (χ1n) is 6.00. The van der Waals surface area contributed by atoms with Crippen LogP contribution in [0.3, 0.4) is 0 Å². The van der Waals surface area contributed by atoms with E-state index in [9.17, 15) is 4.79 Å². The number of carbonyl (C=O) groups excluding carboxylic acids is 1. The predicted molar refractivity (Wildman–Crippen MR) is 72.7 cm³/mol. The highest BCUT2D eigenvalue weighted by molar-refractivity contribution is 5.83. The third-order valence-electron chi connectivity index (χ3n) is 2.59. The van der Waals surface area contributed by atoms with E-state index in [-0.39, 0.29) is 11.9 Å². The van der Waals surface area contributed by atoms with Gasteiger partial charge < -0.3 is 15.5 Å². The number of carbonyl (C=O) groups is 1. The van der Waals surface area contributed by atoms with Crippen molar-refractivity contribution in [3.05, 3.63) is 11.9 Å². The van der Waals surface area contributed by atoms with Crippen molar-refractivity contribution in [2.45, 2.75) is 26.8 Å². The summed E-state index contributed by atoms with van der Waals surface area (Å²) in [5.74, 6) is 1.49. The molecular formula is C12H21N5O. The highest BCUT2D eigenvalue weighted by atomic mass is 16.2. The second-order valence-corrected chi connectivity index (χ2v) is 4.32. The van der Waals surface area contributed by atoms with E-state index in [4.69, 9.17) is 0 Å². The Morgan fingerprint density at radius 3 is 2.56 bits per heavy atom. The minimum atomic E-state index is -0.317. The molecule has 1 amide bonds. The fraction of sp³-hybridized carbons (Fsp3) is 0.583. The molecule has 1 aromatic heterocycles. The van der Waals surface area contributed by atoms with Crippen LogP contribution >= 0.6 is 0 Å². The predicted octanol–water partition coefficient (Wildman–Crippen LogP) is 1.11. The molecule has 1 heterocycles. The molecule has 1 atom stereocenters. The van der Waals surface area contributed by atoms with Crippen LogP contribution in [0.2, 0.25) is 0 Å². The van der Waals surface area contributed by atoms with Crippen LogP contribution in [0.1, 0.15) is 19.4 Å². The van der Waals surface area contributed by atoms with Gasteiger partial charge in [-0.2, -0.15) is 0 Å². The van der Waals surface area contributed by atoms with Crippen LogP contribution in [0, 0.1) is 6.92 Å². The summed E-state index contributed by atoms with van der Waals surface area (Å²) in [4.78, 5) is 21.7. The smallest absolute Gasteiger partial charge is 0.244 e. The van der Waals surface area contributed by atoms with E-state index in [0.717, 1.165) is 17.9 Å². The van der Waals surface area contributed by atoms with Gasteiger partial charge in [-0.25, -0.2) is 9.97 Å². The van der Waals surface area contributed by atoms with Gasteiger partial charge in [0.15, 0.2) is 0 Å².